The van der Waals surface area contributed by atoms with Gasteiger partial charge >= 0.3 is 5.97 Å². The van der Waals surface area contributed by atoms with Crippen LogP contribution in [0.5, 0.6) is 0 Å². The number of esters is 1. The van der Waals surface area contributed by atoms with Crippen molar-refractivity contribution in [2.45, 2.75) is 19.8 Å². The van der Waals surface area contributed by atoms with Crippen molar-refractivity contribution in [1.29, 1.82) is 0 Å². The predicted molar refractivity (Wildman–Crippen MR) is 97.2 cm³/mol. The number of nitro benzene ring substituents is 1. The predicted octanol–water partition coefficient (Wildman–Crippen LogP) is 4.07. The Labute approximate surface area is 149 Å². The quantitative estimate of drug-likeness (QED) is 0.332. The maximum absolute atomic E-state index is 11.1. The molecule has 0 bridgehead atoms. The lowest BCUT2D eigenvalue weighted by atomic mass is 10.1. The highest BCUT2D eigenvalue weighted by atomic mass is 35.5. The van der Waals surface area contributed by atoms with Crippen LogP contribution in [0.4, 0.5) is 22.7 Å². The molecule has 0 heterocycles. The van der Waals surface area contributed by atoms with Crippen LogP contribution < -0.4 is 11.1 Å². The Morgan fingerprint density at radius 2 is 2.00 bits per heavy atom. The fraction of sp³-hybridized carbons (Fsp3) is 0.235. The van der Waals surface area contributed by atoms with Gasteiger partial charge in [-0.25, -0.2) is 0 Å². The number of nitrogens with two attached hydrogens (primary N) is 1. The number of carbonyl (C=O) groups is 1. The van der Waals surface area contributed by atoms with Crippen LogP contribution in [0, 0.1) is 10.1 Å². The second-order valence-electron chi connectivity index (χ2n) is 5.29. The van der Waals surface area contributed by atoms with Crippen LogP contribution in [0.3, 0.4) is 0 Å². The highest BCUT2D eigenvalue weighted by molar-refractivity contribution is 6.33. The first kappa shape index (κ1) is 18.5. The lowest BCUT2D eigenvalue weighted by Gasteiger charge is -2.11. The molecule has 7 nitrogen and oxygen atoms in total. The zero-order valence-electron chi connectivity index (χ0n) is 13.6. The molecule has 0 amide bonds. The van der Waals surface area contributed by atoms with E-state index in [2.05, 4.69) is 5.32 Å². The largest absolute Gasteiger partial charge is 0.465 e. The number of hydrogen-bond acceptors (Lipinski definition) is 6. The number of nitrogen functional groups attached to an aromatic ring is 1. The first-order valence-corrected chi connectivity index (χ1v) is 8.03. The van der Waals surface area contributed by atoms with Crippen LogP contribution in [0.25, 0.3) is 0 Å². The van der Waals surface area contributed by atoms with E-state index in [-0.39, 0.29) is 22.4 Å². The molecule has 25 heavy (non-hydrogen) atoms. The van der Waals surface area contributed by atoms with Gasteiger partial charge < -0.3 is 15.8 Å². The van der Waals surface area contributed by atoms with E-state index in [1.807, 2.05) is 24.3 Å². The average molecular weight is 364 g/mol. The van der Waals surface area contributed by atoms with Gasteiger partial charge in [-0.05, 0) is 23.8 Å². The maximum Gasteiger partial charge on any atom is 0.305 e. The van der Waals surface area contributed by atoms with E-state index >= 15 is 0 Å². The molecule has 132 valence electrons. The van der Waals surface area contributed by atoms with Gasteiger partial charge in [0.05, 0.1) is 22.9 Å². The van der Waals surface area contributed by atoms with Crippen molar-refractivity contribution < 1.29 is 14.5 Å². The van der Waals surface area contributed by atoms with Crippen molar-refractivity contribution in [2.24, 2.45) is 0 Å². The summed E-state index contributed by atoms with van der Waals surface area (Å²) in [6.07, 6.45) is 0.986. The van der Waals surface area contributed by atoms with Gasteiger partial charge in [0.25, 0.3) is 5.69 Å². The van der Waals surface area contributed by atoms with Gasteiger partial charge in [0.2, 0.25) is 0 Å². The summed E-state index contributed by atoms with van der Waals surface area (Å²) in [5.41, 5.74) is 8.09. The molecule has 0 saturated heterocycles. The first-order valence-electron chi connectivity index (χ1n) is 7.65. The van der Waals surface area contributed by atoms with Crippen LogP contribution >= 0.6 is 11.6 Å². The van der Waals surface area contributed by atoms with Crippen molar-refractivity contribution in [3.05, 3.63) is 57.1 Å². The summed E-state index contributed by atoms with van der Waals surface area (Å²) in [5, 5.41) is 13.9. The summed E-state index contributed by atoms with van der Waals surface area (Å²) >= 11 is 5.90. The molecule has 0 aromatic heterocycles. The minimum absolute atomic E-state index is 0.0102. The maximum atomic E-state index is 11.1. The minimum Gasteiger partial charge on any atom is -0.465 e. The van der Waals surface area contributed by atoms with Crippen LogP contribution in [0.1, 0.15) is 18.9 Å². The van der Waals surface area contributed by atoms with Gasteiger partial charge in [-0.15, -0.1) is 0 Å². The number of benzene rings is 2. The molecule has 0 radical (unpaired) electrons. The second-order valence-corrected chi connectivity index (χ2v) is 5.70. The Kier molecular flexibility index (Phi) is 6.19. The van der Waals surface area contributed by atoms with E-state index in [1.165, 1.54) is 12.1 Å². The number of ether oxygens (including phenoxy) is 1. The lowest BCUT2D eigenvalue weighted by molar-refractivity contribution is -0.384. The van der Waals surface area contributed by atoms with E-state index in [0.29, 0.717) is 25.1 Å². The standard InChI is InChI=1S/C17H18ClN3O4/c1-2-17(22)25-8-7-11-3-5-12(6-4-11)20-15-9-13(18)16(21(23)24)10-14(15)19/h3-6,9-10,20H,2,7-8,19H2,1H3. The van der Waals surface area contributed by atoms with Crippen molar-refractivity contribution in [3.63, 3.8) is 0 Å². The fourth-order valence-electron chi connectivity index (χ4n) is 2.12. The molecule has 2 aromatic rings. The number of nitro groups is 1. The van der Waals surface area contributed by atoms with Gasteiger partial charge in [-0.1, -0.05) is 30.7 Å². The molecule has 8 heteroatoms. The van der Waals surface area contributed by atoms with Gasteiger partial charge in [0.1, 0.15) is 5.02 Å². The molecule has 0 spiro atoms. The monoisotopic (exact) mass is 363 g/mol. The Morgan fingerprint density at radius 3 is 2.60 bits per heavy atom. The van der Waals surface area contributed by atoms with E-state index in [1.54, 1.807) is 6.92 Å². The molecule has 2 rings (SSSR count). The van der Waals surface area contributed by atoms with Gasteiger partial charge in [0, 0.05) is 24.6 Å². The molecule has 0 aliphatic rings. The second kappa shape index (κ2) is 8.34. The smallest absolute Gasteiger partial charge is 0.305 e. The normalized spacial score (nSPS) is 10.3. The third-order valence-corrected chi connectivity index (χ3v) is 3.79. The number of hydrogen-bond donors (Lipinski definition) is 2. The third-order valence-electron chi connectivity index (χ3n) is 3.49. The molecule has 0 aliphatic carbocycles. The van der Waals surface area contributed by atoms with E-state index in [9.17, 15) is 14.9 Å². The fourth-order valence-corrected chi connectivity index (χ4v) is 2.35. The summed E-state index contributed by atoms with van der Waals surface area (Å²) < 4.78 is 5.04. The van der Waals surface area contributed by atoms with Crippen LogP contribution in [-0.2, 0) is 16.0 Å². The highest BCUT2D eigenvalue weighted by Gasteiger charge is 2.15. The number of nitrogens with one attached hydrogen (secondary N) is 1. The molecule has 0 unspecified atom stereocenters. The Hall–Kier alpha value is -2.80. The number of carbonyl (C=O) groups excluding carboxylic acids is 1. The third kappa shape index (κ3) is 5.09. The molecule has 3 N–H and O–H groups in total. The summed E-state index contributed by atoms with van der Waals surface area (Å²) in [4.78, 5) is 21.3. The molecule has 0 atom stereocenters. The lowest BCUT2D eigenvalue weighted by Crippen LogP contribution is -2.06. The molecule has 0 aliphatic heterocycles. The van der Waals surface area contributed by atoms with Crippen molar-refractivity contribution in [3.8, 4) is 0 Å². The number of nitrogens with zero attached hydrogens (tertiary/aromatic N) is 1. The first-order chi connectivity index (χ1) is 11.9. The molecule has 0 fully saturated rings. The van der Waals surface area contributed by atoms with Gasteiger partial charge in [0.15, 0.2) is 0 Å². The van der Waals surface area contributed by atoms with E-state index in [4.69, 9.17) is 22.1 Å². The van der Waals surface area contributed by atoms with Crippen molar-refractivity contribution in [2.75, 3.05) is 17.7 Å². The minimum atomic E-state index is -0.581. The summed E-state index contributed by atoms with van der Waals surface area (Å²) in [5.74, 6) is -0.219. The number of halogens is 1. The average Bonchev–Trinajstić information content (AvgIpc) is 2.58. The highest BCUT2D eigenvalue weighted by Crippen LogP contribution is 2.34. The summed E-state index contributed by atoms with van der Waals surface area (Å²) in [6.45, 7) is 2.09. The Bertz CT molecular complexity index is 778. The van der Waals surface area contributed by atoms with Crippen molar-refractivity contribution >= 4 is 40.3 Å². The number of anilines is 3. The summed E-state index contributed by atoms with van der Waals surface area (Å²) in [7, 11) is 0. The molecule has 0 saturated carbocycles. The van der Waals surface area contributed by atoms with Crippen LogP contribution in [-0.4, -0.2) is 17.5 Å². The van der Waals surface area contributed by atoms with Crippen LogP contribution in [0.15, 0.2) is 36.4 Å². The summed E-state index contributed by atoms with van der Waals surface area (Å²) in [6, 6.07) is 10.1. The Morgan fingerprint density at radius 1 is 1.32 bits per heavy atom. The zero-order chi connectivity index (χ0) is 18.4. The Balaban J connectivity index is 2.03. The molecular formula is C17H18ClN3O4. The topological polar surface area (TPSA) is 107 Å². The van der Waals surface area contributed by atoms with E-state index < -0.39 is 4.92 Å². The zero-order valence-corrected chi connectivity index (χ0v) is 14.4. The molecule has 2 aromatic carbocycles. The van der Waals surface area contributed by atoms with Gasteiger partial charge in [-0.3, -0.25) is 14.9 Å². The van der Waals surface area contributed by atoms with Crippen molar-refractivity contribution in [1.82, 2.24) is 0 Å². The molecular weight excluding hydrogens is 346 g/mol. The van der Waals surface area contributed by atoms with Gasteiger partial charge in [-0.2, -0.15) is 0 Å². The SMILES string of the molecule is CCC(=O)OCCc1ccc(Nc2cc(Cl)c([N+](=O)[O-])cc2N)cc1. The number of rotatable bonds is 7. The van der Waals surface area contributed by atoms with E-state index in [0.717, 1.165) is 11.3 Å². The van der Waals surface area contributed by atoms with Crippen LogP contribution in [0.2, 0.25) is 5.02 Å².